The van der Waals surface area contributed by atoms with Gasteiger partial charge in [-0.3, -0.25) is 10.1 Å². The third-order valence-electron chi connectivity index (χ3n) is 2.79. The number of thiazole rings is 1. The second-order valence-corrected chi connectivity index (χ2v) is 7.59. The largest absolute Gasteiger partial charge is 0.494 e. The lowest BCUT2D eigenvalue weighted by atomic mass is 10.3. The number of hydrogen-bond donors (Lipinski definition) is 1. The normalized spacial score (nSPS) is 10.9. The molecular weight excluding hydrogens is 363 g/mol. The molecule has 114 valence electrons. The van der Waals surface area contributed by atoms with E-state index in [-0.39, 0.29) is 5.91 Å². The Morgan fingerprint density at radius 1 is 1.32 bits per heavy atom. The van der Waals surface area contributed by atoms with Crippen LogP contribution in [0.1, 0.15) is 17.3 Å². The SMILES string of the molecule is CCOc1ccc2nc(NC(=O)c3cc(Cl)sc3Cl)sc2c1. The Bertz CT molecular complexity index is 845. The van der Waals surface area contributed by atoms with Crippen LogP contribution in [0, 0.1) is 0 Å². The maximum atomic E-state index is 12.2. The predicted octanol–water partition coefficient (Wildman–Crippen LogP) is 5.32. The summed E-state index contributed by atoms with van der Waals surface area (Å²) in [7, 11) is 0. The highest BCUT2D eigenvalue weighted by Crippen LogP contribution is 2.33. The van der Waals surface area contributed by atoms with Gasteiger partial charge in [0.2, 0.25) is 0 Å². The van der Waals surface area contributed by atoms with Gasteiger partial charge < -0.3 is 4.74 Å². The fraction of sp³-hybridized carbons (Fsp3) is 0.143. The number of halogens is 2. The maximum Gasteiger partial charge on any atom is 0.259 e. The molecule has 8 heteroatoms. The summed E-state index contributed by atoms with van der Waals surface area (Å²) in [6, 6.07) is 7.17. The van der Waals surface area contributed by atoms with Crippen molar-refractivity contribution in [1.29, 1.82) is 0 Å². The number of aromatic nitrogens is 1. The Hall–Kier alpha value is -1.34. The fourth-order valence-corrected chi connectivity index (χ4v) is 4.22. The molecule has 2 heterocycles. The van der Waals surface area contributed by atoms with Crippen molar-refractivity contribution in [1.82, 2.24) is 4.98 Å². The van der Waals surface area contributed by atoms with Crippen LogP contribution in [-0.4, -0.2) is 17.5 Å². The lowest BCUT2D eigenvalue weighted by Gasteiger charge is -2.00. The molecule has 0 aliphatic heterocycles. The van der Waals surface area contributed by atoms with E-state index in [9.17, 15) is 4.79 Å². The highest BCUT2D eigenvalue weighted by molar-refractivity contribution is 7.22. The Labute approximate surface area is 144 Å². The van der Waals surface area contributed by atoms with Gasteiger partial charge in [0.15, 0.2) is 5.13 Å². The summed E-state index contributed by atoms with van der Waals surface area (Å²) in [4.78, 5) is 16.6. The summed E-state index contributed by atoms with van der Waals surface area (Å²) in [5.41, 5.74) is 1.16. The monoisotopic (exact) mass is 372 g/mol. The van der Waals surface area contributed by atoms with E-state index in [1.54, 1.807) is 6.07 Å². The third kappa shape index (κ3) is 3.20. The van der Waals surface area contributed by atoms with Gasteiger partial charge in [-0.2, -0.15) is 0 Å². The lowest BCUT2D eigenvalue weighted by molar-refractivity contribution is 0.102. The molecule has 0 aliphatic rings. The number of thiophene rings is 1. The summed E-state index contributed by atoms with van der Waals surface area (Å²) in [6.07, 6.45) is 0. The Morgan fingerprint density at radius 2 is 2.14 bits per heavy atom. The minimum atomic E-state index is -0.322. The Balaban J connectivity index is 1.84. The molecule has 0 saturated heterocycles. The first-order valence-corrected chi connectivity index (χ1v) is 8.75. The van der Waals surface area contributed by atoms with Crippen LogP contribution in [-0.2, 0) is 0 Å². The van der Waals surface area contributed by atoms with Crippen LogP contribution in [0.2, 0.25) is 8.67 Å². The molecule has 0 radical (unpaired) electrons. The fourth-order valence-electron chi connectivity index (χ4n) is 1.87. The van der Waals surface area contributed by atoms with E-state index in [4.69, 9.17) is 27.9 Å². The van der Waals surface area contributed by atoms with Gasteiger partial charge in [-0.15, -0.1) is 11.3 Å². The van der Waals surface area contributed by atoms with E-state index in [2.05, 4.69) is 10.3 Å². The number of anilines is 1. The number of benzene rings is 1. The maximum absolute atomic E-state index is 12.2. The first-order chi connectivity index (χ1) is 10.6. The zero-order valence-electron chi connectivity index (χ0n) is 11.4. The van der Waals surface area contributed by atoms with E-state index < -0.39 is 0 Å². The van der Waals surface area contributed by atoms with Crippen molar-refractivity contribution in [3.8, 4) is 5.75 Å². The summed E-state index contributed by atoms with van der Waals surface area (Å²) in [6.45, 7) is 2.53. The molecule has 0 atom stereocenters. The first kappa shape index (κ1) is 15.6. The van der Waals surface area contributed by atoms with Gasteiger partial charge in [-0.05, 0) is 31.2 Å². The lowest BCUT2D eigenvalue weighted by Crippen LogP contribution is -2.10. The average Bonchev–Trinajstić information content (AvgIpc) is 3.01. The van der Waals surface area contributed by atoms with Crippen LogP contribution >= 0.6 is 45.9 Å². The van der Waals surface area contributed by atoms with E-state index >= 15 is 0 Å². The van der Waals surface area contributed by atoms with E-state index in [0.717, 1.165) is 27.3 Å². The number of rotatable bonds is 4. The molecule has 0 aliphatic carbocycles. The number of nitrogens with zero attached hydrogens (tertiary/aromatic N) is 1. The molecule has 1 aromatic carbocycles. The zero-order valence-corrected chi connectivity index (χ0v) is 14.5. The average molecular weight is 373 g/mol. The van der Waals surface area contributed by atoms with Crippen molar-refractivity contribution >= 4 is 67.1 Å². The Kier molecular flexibility index (Phi) is 4.54. The van der Waals surface area contributed by atoms with Crippen molar-refractivity contribution in [3.05, 3.63) is 38.5 Å². The topological polar surface area (TPSA) is 51.2 Å². The number of fused-ring (bicyclic) bond motifs is 1. The summed E-state index contributed by atoms with van der Waals surface area (Å²) in [5, 5.41) is 3.25. The smallest absolute Gasteiger partial charge is 0.259 e. The molecule has 4 nitrogen and oxygen atoms in total. The van der Waals surface area contributed by atoms with Crippen molar-refractivity contribution in [2.75, 3.05) is 11.9 Å². The predicted molar refractivity (Wildman–Crippen MR) is 93.1 cm³/mol. The van der Waals surface area contributed by atoms with Crippen LogP contribution < -0.4 is 10.1 Å². The van der Waals surface area contributed by atoms with Crippen LogP contribution in [0.25, 0.3) is 10.2 Å². The van der Waals surface area contributed by atoms with Gasteiger partial charge in [-0.25, -0.2) is 4.98 Å². The first-order valence-electron chi connectivity index (χ1n) is 6.36. The van der Waals surface area contributed by atoms with Gasteiger partial charge in [0.25, 0.3) is 5.91 Å². The molecule has 2 aromatic heterocycles. The van der Waals surface area contributed by atoms with Gasteiger partial charge in [0, 0.05) is 0 Å². The molecule has 0 spiro atoms. The van der Waals surface area contributed by atoms with Crippen LogP contribution in [0.3, 0.4) is 0 Å². The zero-order chi connectivity index (χ0) is 15.7. The second-order valence-electron chi connectivity index (χ2n) is 4.27. The number of carbonyl (C=O) groups excluding carboxylic acids is 1. The molecule has 0 saturated carbocycles. The standard InChI is InChI=1S/C14H10Cl2N2O2S2/c1-2-20-7-3-4-9-10(5-7)21-14(17-9)18-13(19)8-6-11(15)22-12(8)16/h3-6H,2H2,1H3,(H,17,18,19). The van der Waals surface area contributed by atoms with Crippen LogP contribution in [0.4, 0.5) is 5.13 Å². The molecule has 0 unspecified atom stereocenters. The number of amides is 1. The molecular formula is C14H10Cl2N2O2S2. The minimum Gasteiger partial charge on any atom is -0.494 e. The summed E-state index contributed by atoms with van der Waals surface area (Å²) >= 11 is 14.4. The van der Waals surface area contributed by atoms with Crippen molar-refractivity contribution in [2.45, 2.75) is 6.92 Å². The second kappa shape index (κ2) is 6.42. The van der Waals surface area contributed by atoms with E-state index in [1.165, 1.54) is 11.3 Å². The quantitative estimate of drug-likeness (QED) is 0.674. The van der Waals surface area contributed by atoms with E-state index in [1.807, 2.05) is 25.1 Å². The number of carbonyl (C=O) groups is 1. The summed E-state index contributed by atoms with van der Waals surface area (Å²) in [5.74, 6) is 0.460. The summed E-state index contributed by atoms with van der Waals surface area (Å²) < 4.78 is 7.23. The highest BCUT2D eigenvalue weighted by Gasteiger charge is 2.16. The van der Waals surface area contributed by atoms with Gasteiger partial charge in [0.05, 0.1) is 26.7 Å². The molecule has 0 fully saturated rings. The Morgan fingerprint density at radius 3 is 2.82 bits per heavy atom. The van der Waals surface area contributed by atoms with Crippen molar-refractivity contribution in [2.24, 2.45) is 0 Å². The van der Waals surface area contributed by atoms with Gasteiger partial charge >= 0.3 is 0 Å². The van der Waals surface area contributed by atoms with Crippen molar-refractivity contribution in [3.63, 3.8) is 0 Å². The molecule has 3 aromatic rings. The third-order valence-corrected chi connectivity index (χ3v) is 5.21. The number of nitrogens with one attached hydrogen (secondary N) is 1. The highest BCUT2D eigenvalue weighted by atomic mass is 35.5. The van der Waals surface area contributed by atoms with Crippen LogP contribution in [0.5, 0.6) is 5.75 Å². The molecule has 3 rings (SSSR count). The molecule has 22 heavy (non-hydrogen) atoms. The van der Waals surface area contributed by atoms with E-state index in [0.29, 0.717) is 26.0 Å². The molecule has 1 amide bonds. The molecule has 0 bridgehead atoms. The van der Waals surface area contributed by atoms with Crippen molar-refractivity contribution < 1.29 is 9.53 Å². The van der Waals surface area contributed by atoms with Gasteiger partial charge in [0.1, 0.15) is 10.1 Å². The van der Waals surface area contributed by atoms with Crippen LogP contribution in [0.15, 0.2) is 24.3 Å². The van der Waals surface area contributed by atoms with Gasteiger partial charge in [-0.1, -0.05) is 34.5 Å². The number of ether oxygens (including phenoxy) is 1. The number of hydrogen-bond acceptors (Lipinski definition) is 5. The minimum absolute atomic E-state index is 0.322. The molecule has 1 N–H and O–H groups in total.